The lowest BCUT2D eigenvalue weighted by Gasteiger charge is -2.22. The monoisotopic (exact) mass is 420 g/mol. The zero-order chi connectivity index (χ0) is 20.2. The first-order chi connectivity index (χ1) is 12.4. The molecule has 0 saturated heterocycles. The number of hydrogen-bond donors (Lipinski definition) is 0. The van der Waals surface area contributed by atoms with Crippen molar-refractivity contribution in [3.8, 4) is 0 Å². The fourth-order valence-corrected chi connectivity index (χ4v) is 3.96. The van der Waals surface area contributed by atoms with Crippen LogP contribution in [0.5, 0.6) is 0 Å². The Morgan fingerprint density at radius 1 is 1.22 bits per heavy atom. The molecule has 10 heteroatoms. The van der Waals surface area contributed by atoms with E-state index in [4.69, 9.17) is 0 Å². The topological polar surface area (TPSA) is 67.3 Å². The van der Waals surface area contributed by atoms with E-state index in [-0.39, 0.29) is 23.9 Å². The van der Waals surface area contributed by atoms with Crippen LogP contribution < -0.4 is 4.90 Å². The van der Waals surface area contributed by atoms with Gasteiger partial charge in [0.2, 0.25) is 0 Å². The van der Waals surface area contributed by atoms with Gasteiger partial charge in [0.1, 0.15) is 11.4 Å². The molecule has 1 heterocycles. The summed E-state index contributed by atoms with van der Waals surface area (Å²) < 4.78 is 60.8. The number of ketones is 1. The quantitative estimate of drug-likeness (QED) is 0.610. The first kappa shape index (κ1) is 21.4. The predicted molar refractivity (Wildman–Crippen MR) is 99.1 cm³/mol. The van der Waals surface area contributed by atoms with E-state index < -0.39 is 34.0 Å². The van der Waals surface area contributed by atoms with Crippen molar-refractivity contribution in [2.24, 2.45) is 0 Å². The molecule has 1 aromatic heterocycles. The second-order valence-corrected chi connectivity index (χ2v) is 9.49. The van der Waals surface area contributed by atoms with Gasteiger partial charge in [-0.1, -0.05) is 30.3 Å². The molecule has 27 heavy (non-hydrogen) atoms. The SMILES string of the molecule is Cc1sc(N(CCC(F)(F)F)Cc2ccccc2)nc1C(=O)CS(C)(=O)=O. The van der Waals surface area contributed by atoms with E-state index in [0.29, 0.717) is 4.88 Å². The molecule has 0 atom stereocenters. The normalized spacial score (nSPS) is 12.2. The predicted octanol–water partition coefficient (Wildman–Crippen LogP) is 3.64. The van der Waals surface area contributed by atoms with Gasteiger partial charge in [-0.05, 0) is 12.5 Å². The van der Waals surface area contributed by atoms with Crippen molar-refractivity contribution in [2.45, 2.75) is 26.1 Å². The number of carbonyl (C=O) groups is 1. The van der Waals surface area contributed by atoms with Gasteiger partial charge in [-0.2, -0.15) is 13.2 Å². The summed E-state index contributed by atoms with van der Waals surface area (Å²) in [7, 11) is -3.52. The van der Waals surface area contributed by atoms with Crippen LogP contribution in [-0.4, -0.2) is 43.9 Å². The summed E-state index contributed by atoms with van der Waals surface area (Å²) >= 11 is 1.08. The van der Waals surface area contributed by atoms with Gasteiger partial charge in [0, 0.05) is 24.2 Å². The van der Waals surface area contributed by atoms with Crippen molar-refractivity contribution in [1.29, 1.82) is 0 Å². The molecular weight excluding hydrogens is 401 g/mol. The third-order valence-electron chi connectivity index (χ3n) is 3.59. The Hall–Kier alpha value is -1.94. The van der Waals surface area contributed by atoms with Crippen LogP contribution in [-0.2, 0) is 16.4 Å². The molecule has 148 valence electrons. The molecule has 0 aliphatic carbocycles. The number of nitrogens with zero attached hydrogens (tertiary/aromatic N) is 2. The highest BCUT2D eigenvalue weighted by atomic mass is 32.2. The van der Waals surface area contributed by atoms with E-state index >= 15 is 0 Å². The number of carbonyl (C=O) groups excluding carboxylic acids is 1. The van der Waals surface area contributed by atoms with Crippen LogP contribution >= 0.6 is 11.3 Å². The fourth-order valence-electron chi connectivity index (χ4n) is 2.39. The molecule has 0 radical (unpaired) electrons. The van der Waals surface area contributed by atoms with Gasteiger partial charge in [-0.15, -0.1) is 11.3 Å². The van der Waals surface area contributed by atoms with Crippen LogP contribution in [0, 0.1) is 6.92 Å². The largest absolute Gasteiger partial charge is 0.390 e. The molecule has 0 fully saturated rings. The van der Waals surface area contributed by atoms with Crippen LogP contribution in [0.3, 0.4) is 0 Å². The van der Waals surface area contributed by atoms with Gasteiger partial charge in [0.05, 0.1) is 6.42 Å². The number of thiazole rings is 1. The van der Waals surface area contributed by atoms with Crippen molar-refractivity contribution >= 4 is 32.1 Å². The molecule has 0 N–H and O–H groups in total. The highest BCUT2D eigenvalue weighted by molar-refractivity contribution is 7.91. The van der Waals surface area contributed by atoms with Crippen LogP contribution in [0.25, 0.3) is 0 Å². The second-order valence-electron chi connectivity index (χ2n) is 6.17. The van der Waals surface area contributed by atoms with E-state index in [1.54, 1.807) is 37.3 Å². The number of aromatic nitrogens is 1. The second kappa shape index (κ2) is 8.39. The Morgan fingerprint density at radius 2 is 1.85 bits per heavy atom. The molecule has 0 unspecified atom stereocenters. The maximum absolute atomic E-state index is 12.7. The van der Waals surface area contributed by atoms with Crippen LogP contribution in [0.15, 0.2) is 30.3 Å². The molecule has 2 aromatic rings. The Balaban J connectivity index is 2.29. The number of aryl methyl sites for hydroxylation is 1. The summed E-state index contributed by atoms with van der Waals surface area (Å²) in [5, 5.41) is 0.262. The van der Waals surface area contributed by atoms with Crippen molar-refractivity contribution in [2.75, 3.05) is 23.5 Å². The zero-order valence-electron chi connectivity index (χ0n) is 14.8. The third kappa shape index (κ3) is 6.94. The number of Topliss-reactive ketones (excluding diaryl/α,β-unsaturated/α-hetero) is 1. The number of hydrogen-bond acceptors (Lipinski definition) is 6. The molecule has 0 aliphatic rings. The number of sulfone groups is 1. The first-order valence-corrected chi connectivity index (χ1v) is 10.9. The number of halogens is 3. The molecule has 0 amide bonds. The maximum atomic E-state index is 12.7. The van der Waals surface area contributed by atoms with E-state index in [9.17, 15) is 26.4 Å². The lowest BCUT2D eigenvalue weighted by Crippen LogP contribution is -2.28. The molecule has 5 nitrogen and oxygen atoms in total. The Kier molecular flexibility index (Phi) is 6.63. The molecule has 0 aliphatic heterocycles. The minimum Gasteiger partial charge on any atom is -0.343 e. The highest BCUT2D eigenvalue weighted by Crippen LogP contribution is 2.29. The Morgan fingerprint density at radius 3 is 2.41 bits per heavy atom. The first-order valence-electron chi connectivity index (χ1n) is 7.98. The Bertz CT molecular complexity index is 894. The smallest absolute Gasteiger partial charge is 0.343 e. The standard InChI is InChI=1S/C17H19F3N2O3S2/c1-12-15(14(23)11-27(2,24)25)21-16(26-12)22(9-8-17(18,19)20)10-13-6-4-3-5-7-13/h3-7H,8-11H2,1-2H3. The number of anilines is 1. The summed E-state index contributed by atoms with van der Waals surface area (Å²) in [6.07, 6.45) is -4.40. The molecular formula is C17H19F3N2O3S2. The highest BCUT2D eigenvalue weighted by Gasteiger charge is 2.29. The van der Waals surface area contributed by atoms with Crippen molar-refractivity contribution < 1.29 is 26.4 Å². The van der Waals surface area contributed by atoms with Crippen LogP contribution in [0.4, 0.5) is 18.3 Å². The van der Waals surface area contributed by atoms with Gasteiger partial charge in [-0.3, -0.25) is 4.79 Å². The minimum absolute atomic E-state index is 0.00880. The van der Waals surface area contributed by atoms with Crippen LogP contribution in [0.2, 0.25) is 0 Å². The van der Waals surface area contributed by atoms with Crippen LogP contribution in [0.1, 0.15) is 27.3 Å². The van der Waals surface area contributed by atoms with E-state index in [1.807, 2.05) is 0 Å². The van der Waals surface area contributed by atoms with Gasteiger partial charge < -0.3 is 4.90 Å². The van der Waals surface area contributed by atoms with Crippen molar-refractivity contribution in [3.63, 3.8) is 0 Å². The maximum Gasteiger partial charge on any atom is 0.390 e. The molecule has 1 aromatic carbocycles. The van der Waals surface area contributed by atoms with E-state index in [0.717, 1.165) is 23.2 Å². The summed E-state index contributed by atoms with van der Waals surface area (Å²) in [6.45, 7) is 1.48. The zero-order valence-corrected chi connectivity index (χ0v) is 16.4. The summed E-state index contributed by atoms with van der Waals surface area (Å²) in [4.78, 5) is 18.2. The summed E-state index contributed by atoms with van der Waals surface area (Å²) in [6, 6.07) is 8.95. The molecule has 0 saturated carbocycles. The fraction of sp³-hybridized carbons (Fsp3) is 0.412. The van der Waals surface area contributed by atoms with Gasteiger partial charge in [-0.25, -0.2) is 13.4 Å². The summed E-state index contributed by atoms with van der Waals surface area (Å²) in [5.74, 6) is -1.34. The van der Waals surface area contributed by atoms with Gasteiger partial charge in [0.15, 0.2) is 20.8 Å². The molecule has 0 spiro atoms. The average molecular weight is 420 g/mol. The Labute approximate surface area is 159 Å². The van der Waals surface area contributed by atoms with Gasteiger partial charge in [0.25, 0.3) is 0 Å². The molecule has 0 bridgehead atoms. The van der Waals surface area contributed by atoms with E-state index in [2.05, 4.69) is 4.98 Å². The van der Waals surface area contributed by atoms with Gasteiger partial charge >= 0.3 is 6.18 Å². The van der Waals surface area contributed by atoms with Crippen molar-refractivity contribution in [1.82, 2.24) is 4.98 Å². The third-order valence-corrected chi connectivity index (χ3v) is 5.41. The summed E-state index contributed by atoms with van der Waals surface area (Å²) in [5.41, 5.74) is 0.794. The number of benzene rings is 1. The lowest BCUT2D eigenvalue weighted by atomic mass is 10.2. The average Bonchev–Trinajstić information content (AvgIpc) is 2.92. The van der Waals surface area contributed by atoms with E-state index in [1.165, 1.54) is 4.90 Å². The minimum atomic E-state index is -4.32. The molecule has 2 rings (SSSR count). The van der Waals surface area contributed by atoms with Crippen molar-refractivity contribution in [3.05, 3.63) is 46.5 Å². The number of alkyl halides is 3. The lowest BCUT2D eigenvalue weighted by molar-refractivity contribution is -0.132. The number of rotatable bonds is 8.